The van der Waals surface area contributed by atoms with Gasteiger partial charge in [-0.05, 0) is 55.4 Å². The van der Waals surface area contributed by atoms with E-state index in [-0.39, 0.29) is 53.2 Å². The first-order valence-electron chi connectivity index (χ1n) is 13.6. The van der Waals surface area contributed by atoms with E-state index in [4.69, 9.17) is 23.7 Å². The number of amides is 3. The van der Waals surface area contributed by atoms with Gasteiger partial charge in [-0.3, -0.25) is 14.4 Å². The van der Waals surface area contributed by atoms with Crippen molar-refractivity contribution in [2.24, 2.45) is 17.4 Å². The number of nitrogens with one attached hydrogen (secondary N) is 3. The third-order valence-electron chi connectivity index (χ3n) is 7.83. The van der Waals surface area contributed by atoms with Gasteiger partial charge >= 0.3 is 0 Å². The van der Waals surface area contributed by atoms with Crippen molar-refractivity contribution in [1.82, 2.24) is 20.9 Å². The van der Waals surface area contributed by atoms with Gasteiger partial charge in [0.1, 0.15) is 12.1 Å². The Labute approximate surface area is 247 Å². The number of carbonyl (C=O) groups excluding carboxylic acids is 3. The van der Waals surface area contributed by atoms with E-state index in [0.717, 1.165) is 17.5 Å². The molecule has 2 aromatic carbocycles. The second kappa shape index (κ2) is 14.4. The normalized spacial score (nSPS) is 22.9. The summed E-state index contributed by atoms with van der Waals surface area (Å²) in [5.74, 6) is -1.11. The topological polar surface area (TPSA) is 143 Å². The van der Waals surface area contributed by atoms with Crippen LogP contribution in [-0.4, -0.2) is 58.4 Å². The van der Waals surface area contributed by atoms with E-state index in [1.807, 2.05) is 67.6 Å². The first-order chi connectivity index (χ1) is 18.8. The van der Waals surface area contributed by atoms with E-state index in [1.54, 1.807) is 4.90 Å². The molecule has 2 aromatic rings. The van der Waals surface area contributed by atoms with Gasteiger partial charge in [-0.2, -0.15) is 0 Å². The minimum atomic E-state index is -0.839. The van der Waals surface area contributed by atoms with Crippen molar-refractivity contribution in [2.45, 2.75) is 69.2 Å². The molecule has 40 heavy (non-hydrogen) atoms. The highest BCUT2D eigenvalue weighted by Gasteiger charge is 2.47. The van der Waals surface area contributed by atoms with Gasteiger partial charge in [0, 0.05) is 18.5 Å². The summed E-state index contributed by atoms with van der Waals surface area (Å²) in [5, 5.41) is 9.18. The summed E-state index contributed by atoms with van der Waals surface area (Å²) in [7, 11) is 0. The molecule has 0 unspecified atom stereocenters. The van der Waals surface area contributed by atoms with Gasteiger partial charge in [0.15, 0.2) is 5.11 Å². The van der Waals surface area contributed by atoms with Crippen LogP contribution in [0.4, 0.5) is 0 Å². The fourth-order valence-corrected chi connectivity index (χ4v) is 5.74. The second-order valence-corrected chi connectivity index (χ2v) is 10.8. The number of rotatable bonds is 9. The van der Waals surface area contributed by atoms with E-state index in [1.165, 1.54) is 0 Å². The van der Waals surface area contributed by atoms with Gasteiger partial charge in [-0.15, -0.1) is 0 Å². The molecule has 2 heterocycles. The molecule has 2 fully saturated rings. The van der Waals surface area contributed by atoms with E-state index < -0.39 is 18.1 Å². The van der Waals surface area contributed by atoms with Gasteiger partial charge in [-0.25, -0.2) is 0 Å². The molecule has 2 aliphatic rings. The highest BCUT2D eigenvalue weighted by atomic mass is 35.5. The Morgan fingerprint density at radius 2 is 1.57 bits per heavy atom. The van der Waals surface area contributed by atoms with Crippen LogP contribution in [0.15, 0.2) is 60.7 Å². The lowest BCUT2D eigenvalue weighted by Crippen LogP contribution is -3.00. The molecule has 0 saturated carbocycles. The molecule has 4 rings (SSSR count). The average Bonchev–Trinajstić information content (AvgIpc) is 3.33. The van der Waals surface area contributed by atoms with Crippen molar-refractivity contribution in [2.75, 3.05) is 6.54 Å². The Balaban J connectivity index is 0.00000441. The van der Waals surface area contributed by atoms with Crippen LogP contribution >= 0.6 is 12.2 Å². The Kier molecular flexibility index (Phi) is 11.3. The lowest BCUT2D eigenvalue weighted by Gasteiger charge is -2.33. The fourth-order valence-electron chi connectivity index (χ4n) is 5.66. The van der Waals surface area contributed by atoms with Gasteiger partial charge in [0.05, 0.1) is 12.1 Å². The highest BCUT2D eigenvalue weighted by Crippen LogP contribution is 2.34. The molecule has 2 aliphatic heterocycles. The molecule has 216 valence electrons. The summed E-state index contributed by atoms with van der Waals surface area (Å²) >= 11 is 4.98. The largest absolute Gasteiger partial charge is 1.00 e. The van der Waals surface area contributed by atoms with Crippen LogP contribution in [0, 0.1) is 5.92 Å². The monoisotopic (exact) mass is 585 g/mol. The zero-order valence-electron chi connectivity index (χ0n) is 22.6. The lowest BCUT2D eigenvalue weighted by atomic mass is 9.92. The first kappa shape index (κ1) is 31.3. The molecule has 0 bridgehead atoms. The van der Waals surface area contributed by atoms with Crippen LogP contribution in [0.2, 0.25) is 0 Å². The Morgan fingerprint density at radius 3 is 2.12 bits per heavy atom. The minimum Gasteiger partial charge on any atom is -1.00 e. The quantitative estimate of drug-likeness (QED) is 0.231. The number of hydrogen-bond acceptors (Lipinski definition) is 5. The van der Waals surface area contributed by atoms with Crippen molar-refractivity contribution in [3.63, 3.8) is 0 Å². The van der Waals surface area contributed by atoms with Crippen molar-refractivity contribution in [3.05, 3.63) is 71.8 Å². The SMILES string of the molecule is CC[C@H](N)C(=O)N[C@@H]1C(=O)N2[C@@H](CC[C@@H]1CNC(N)=S)CC[C@H]2C(=O)NC(c1ccccc1)c1ccccc1.[Cl-]. The van der Waals surface area contributed by atoms with Gasteiger partial charge in [0.25, 0.3) is 0 Å². The molecule has 5 atom stereocenters. The first-order valence-corrected chi connectivity index (χ1v) is 14.0. The maximum atomic E-state index is 14.1. The zero-order chi connectivity index (χ0) is 27.9. The Morgan fingerprint density at radius 1 is 1.00 bits per heavy atom. The van der Waals surface area contributed by atoms with E-state index in [2.05, 4.69) is 16.0 Å². The van der Waals surface area contributed by atoms with Crippen molar-refractivity contribution in [3.8, 4) is 0 Å². The predicted octanol–water partition coefficient (Wildman–Crippen LogP) is -1.28. The molecule has 0 aromatic heterocycles. The summed E-state index contributed by atoms with van der Waals surface area (Å²) in [6.45, 7) is 2.16. The molecule has 11 heteroatoms. The number of benzene rings is 2. The molecule has 3 amide bonds. The molecular weight excluding hydrogens is 548 g/mol. The number of hydrogen-bond donors (Lipinski definition) is 5. The minimum absolute atomic E-state index is 0. The third kappa shape index (κ3) is 7.30. The number of nitrogens with two attached hydrogens (primary N) is 2. The average molecular weight is 586 g/mol. The summed E-state index contributed by atoms with van der Waals surface area (Å²) in [5.41, 5.74) is 13.5. The lowest BCUT2D eigenvalue weighted by molar-refractivity contribution is -0.143. The highest BCUT2D eigenvalue weighted by molar-refractivity contribution is 7.80. The Bertz CT molecular complexity index is 1130. The number of nitrogens with zero attached hydrogens (tertiary/aromatic N) is 1. The third-order valence-corrected chi connectivity index (χ3v) is 7.98. The zero-order valence-corrected chi connectivity index (χ0v) is 24.2. The van der Waals surface area contributed by atoms with Crippen molar-refractivity contribution < 1.29 is 26.8 Å². The van der Waals surface area contributed by atoms with Crippen LogP contribution in [0.3, 0.4) is 0 Å². The van der Waals surface area contributed by atoms with Gasteiger partial charge in [0.2, 0.25) is 17.7 Å². The number of fused-ring (bicyclic) bond motifs is 1. The molecule has 7 N–H and O–H groups in total. The maximum Gasteiger partial charge on any atom is 0.246 e. The number of halogens is 1. The van der Waals surface area contributed by atoms with Crippen LogP contribution in [-0.2, 0) is 14.4 Å². The van der Waals surface area contributed by atoms with E-state index >= 15 is 0 Å². The summed E-state index contributed by atoms with van der Waals surface area (Å²) < 4.78 is 0. The molecule has 0 aliphatic carbocycles. The fraction of sp³-hybridized carbons (Fsp3) is 0.448. The van der Waals surface area contributed by atoms with Gasteiger partial charge in [-0.1, -0.05) is 67.6 Å². The van der Waals surface area contributed by atoms with Crippen LogP contribution in [0.1, 0.15) is 56.2 Å². The number of thiocarbonyl (C=S) groups is 1. The van der Waals surface area contributed by atoms with Crippen molar-refractivity contribution in [1.29, 1.82) is 0 Å². The second-order valence-electron chi connectivity index (χ2n) is 10.3. The molecular formula is C29H38ClN6O3S-. The number of carbonyl (C=O) groups is 3. The summed E-state index contributed by atoms with van der Waals surface area (Å²) in [4.78, 5) is 42.4. The standard InChI is InChI=1S/C29H38N6O3S.ClH/c1-2-22(30)26(36)34-25-20(17-32-29(31)39)13-14-21-15-16-23(35(21)28(25)38)27(37)33-24(18-9-5-3-6-10-18)19-11-7-4-8-12-19;/h3-12,20-25H,2,13-17,30H2,1H3,(H,33,37)(H,34,36)(H3,31,32,39);1H/p-1/t20-,21+,22+,23+,25+;/m1./s1. The molecule has 0 spiro atoms. The van der Waals surface area contributed by atoms with Gasteiger partial charge < -0.3 is 44.7 Å². The smallest absolute Gasteiger partial charge is 0.246 e. The van der Waals surface area contributed by atoms with Crippen LogP contribution < -0.4 is 39.8 Å². The van der Waals surface area contributed by atoms with E-state index in [9.17, 15) is 14.4 Å². The summed E-state index contributed by atoms with van der Waals surface area (Å²) in [6, 6.07) is 16.9. The summed E-state index contributed by atoms with van der Waals surface area (Å²) in [6.07, 6.45) is 3.10. The van der Waals surface area contributed by atoms with Crippen molar-refractivity contribution >= 4 is 35.1 Å². The van der Waals surface area contributed by atoms with Crippen LogP contribution in [0.5, 0.6) is 0 Å². The molecule has 2 saturated heterocycles. The van der Waals surface area contributed by atoms with E-state index in [0.29, 0.717) is 32.2 Å². The molecule has 9 nitrogen and oxygen atoms in total. The maximum absolute atomic E-state index is 14.1. The Hall–Kier alpha value is -3.21. The molecule has 0 radical (unpaired) electrons. The van der Waals surface area contributed by atoms with Crippen LogP contribution in [0.25, 0.3) is 0 Å². The predicted molar refractivity (Wildman–Crippen MR) is 154 cm³/mol.